The van der Waals surface area contributed by atoms with E-state index in [4.69, 9.17) is 4.42 Å². The predicted octanol–water partition coefficient (Wildman–Crippen LogP) is 5.65. The first kappa shape index (κ1) is 12.9. The van der Waals surface area contributed by atoms with E-state index in [0.717, 1.165) is 10.2 Å². The van der Waals surface area contributed by atoms with Crippen molar-refractivity contribution in [3.8, 4) is 0 Å². The molecule has 0 aliphatic carbocycles. The second kappa shape index (κ2) is 5.40. The Bertz CT molecular complexity index is 485. The SMILES string of the molecule is CC(C)c1ccc(C(Br)c2ccoc2Br)cc1. The second-order valence-electron chi connectivity index (χ2n) is 4.33. The zero-order valence-corrected chi connectivity index (χ0v) is 13.0. The number of alkyl halides is 1. The Morgan fingerprint density at radius 2 is 1.59 bits per heavy atom. The molecule has 0 bridgehead atoms. The first-order chi connectivity index (χ1) is 8.09. The molecule has 0 aliphatic heterocycles. The Morgan fingerprint density at radius 3 is 2.06 bits per heavy atom. The van der Waals surface area contributed by atoms with E-state index in [0.29, 0.717) is 5.92 Å². The van der Waals surface area contributed by atoms with Crippen LogP contribution in [-0.2, 0) is 0 Å². The number of hydrogen-bond acceptors (Lipinski definition) is 1. The van der Waals surface area contributed by atoms with Crippen molar-refractivity contribution in [2.75, 3.05) is 0 Å². The van der Waals surface area contributed by atoms with E-state index in [2.05, 4.69) is 70.0 Å². The fourth-order valence-electron chi connectivity index (χ4n) is 1.71. The minimum absolute atomic E-state index is 0.164. The summed E-state index contributed by atoms with van der Waals surface area (Å²) in [6.45, 7) is 4.40. The summed E-state index contributed by atoms with van der Waals surface area (Å²) in [4.78, 5) is 0.164. The maximum atomic E-state index is 5.26. The van der Waals surface area contributed by atoms with E-state index < -0.39 is 0 Å². The van der Waals surface area contributed by atoms with Gasteiger partial charge in [-0.25, -0.2) is 0 Å². The summed E-state index contributed by atoms with van der Waals surface area (Å²) in [5.41, 5.74) is 3.71. The van der Waals surface area contributed by atoms with E-state index >= 15 is 0 Å². The van der Waals surface area contributed by atoms with Gasteiger partial charge in [0.15, 0.2) is 4.67 Å². The molecule has 17 heavy (non-hydrogen) atoms. The van der Waals surface area contributed by atoms with Gasteiger partial charge < -0.3 is 4.42 Å². The summed E-state index contributed by atoms with van der Waals surface area (Å²) >= 11 is 7.10. The zero-order valence-electron chi connectivity index (χ0n) is 9.78. The third-order valence-electron chi connectivity index (χ3n) is 2.81. The maximum absolute atomic E-state index is 5.26. The van der Waals surface area contributed by atoms with Crippen molar-refractivity contribution >= 4 is 31.9 Å². The van der Waals surface area contributed by atoms with Gasteiger partial charge in [0.25, 0.3) is 0 Å². The topological polar surface area (TPSA) is 13.1 Å². The van der Waals surface area contributed by atoms with Crippen molar-refractivity contribution in [1.29, 1.82) is 0 Å². The molecular formula is C14H14Br2O. The monoisotopic (exact) mass is 356 g/mol. The van der Waals surface area contributed by atoms with Crippen LogP contribution in [0, 0.1) is 0 Å². The molecule has 0 saturated heterocycles. The van der Waals surface area contributed by atoms with E-state index in [1.807, 2.05) is 6.07 Å². The molecule has 1 heterocycles. The van der Waals surface area contributed by atoms with E-state index in [1.165, 1.54) is 11.1 Å². The lowest BCUT2D eigenvalue weighted by Crippen LogP contribution is -1.93. The molecule has 3 heteroatoms. The molecule has 0 radical (unpaired) electrons. The molecule has 0 amide bonds. The van der Waals surface area contributed by atoms with Gasteiger partial charge in [0, 0.05) is 5.56 Å². The quantitative estimate of drug-likeness (QED) is 0.647. The van der Waals surface area contributed by atoms with Crippen LogP contribution in [0.1, 0.15) is 41.3 Å². The highest BCUT2D eigenvalue weighted by Gasteiger charge is 2.15. The van der Waals surface area contributed by atoms with Crippen LogP contribution in [0.5, 0.6) is 0 Å². The van der Waals surface area contributed by atoms with Gasteiger partial charge in [0.1, 0.15) is 0 Å². The van der Waals surface area contributed by atoms with Crippen LogP contribution in [0.4, 0.5) is 0 Å². The van der Waals surface area contributed by atoms with Gasteiger partial charge >= 0.3 is 0 Å². The van der Waals surface area contributed by atoms with Crippen LogP contribution in [0.2, 0.25) is 0 Å². The number of furan rings is 1. The number of rotatable bonds is 3. The van der Waals surface area contributed by atoms with Crippen LogP contribution in [0.3, 0.4) is 0 Å². The van der Waals surface area contributed by atoms with Gasteiger partial charge in [-0.3, -0.25) is 0 Å². The summed E-state index contributed by atoms with van der Waals surface area (Å²) in [7, 11) is 0. The Labute approximate surface area is 118 Å². The highest BCUT2D eigenvalue weighted by molar-refractivity contribution is 9.10. The Morgan fingerprint density at radius 1 is 1.00 bits per heavy atom. The largest absolute Gasteiger partial charge is 0.457 e. The minimum Gasteiger partial charge on any atom is -0.457 e. The van der Waals surface area contributed by atoms with Gasteiger partial charge in [0.05, 0.1) is 11.1 Å². The predicted molar refractivity (Wildman–Crippen MR) is 77.7 cm³/mol. The van der Waals surface area contributed by atoms with Crippen molar-refractivity contribution in [2.45, 2.75) is 24.6 Å². The zero-order chi connectivity index (χ0) is 12.4. The van der Waals surface area contributed by atoms with E-state index in [9.17, 15) is 0 Å². The molecule has 0 fully saturated rings. The highest BCUT2D eigenvalue weighted by atomic mass is 79.9. The van der Waals surface area contributed by atoms with Gasteiger partial charge in [-0.2, -0.15) is 0 Å². The third-order valence-corrected chi connectivity index (χ3v) is 4.48. The van der Waals surface area contributed by atoms with Crippen molar-refractivity contribution in [3.05, 3.63) is 58.0 Å². The fourth-order valence-corrected chi connectivity index (χ4v) is 3.16. The number of halogens is 2. The average Bonchev–Trinajstić information content (AvgIpc) is 2.74. The summed E-state index contributed by atoms with van der Waals surface area (Å²) in [6.07, 6.45) is 1.69. The fraction of sp³-hybridized carbons (Fsp3) is 0.286. The number of hydrogen-bond donors (Lipinski definition) is 0. The highest BCUT2D eigenvalue weighted by Crippen LogP contribution is 2.36. The minimum atomic E-state index is 0.164. The first-order valence-corrected chi connectivity index (χ1v) is 7.27. The molecule has 0 saturated carbocycles. The summed E-state index contributed by atoms with van der Waals surface area (Å²) < 4.78 is 6.04. The van der Waals surface area contributed by atoms with Crippen LogP contribution < -0.4 is 0 Å². The Kier molecular flexibility index (Phi) is 4.10. The van der Waals surface area contributed by atoms with Crippen molar-refractivity contribution in [1.82, 2.24) is 0 Å². The van der Waals surface area contributed by atoms with Crippen LogP contribution in [0.15, 0.2) is 45.7 Å². The second-order valence-corrected chi connectivity index (χ2v) is 5.97. The molecule has 90 valence electrons. The molecule has 1 aromatic heterocycles. The number of benzene rings is 1. The molecular weight excluding hydrogens is 344 g/mol. The smallest absolute Gasteiger partial charge is 0.173 e. The molecule has 1 unspecified atom stereocenters. The van der Waals surface area contributed by atoms with Crippen LogP contribution >= 0.6 is 31.9 Å². The molecule has 2 aromatic rings. The van der Waals surface area contributed by atoms with Crippen molar-refractivity contribution < 1.29 is 4.42 Å². The molecule has 1 aromatic carbocycles. The molecule has 0 aliphatic rings. The molecule has 0 N–H and O–H groups in total. The molecule has 0 spiro atoms. The Hall–Kier alpha value is -0.540. The Balaban J connectivity index is 2.26. The maximum Gasteiger partial charge on any atom is 0.173 e. The van der Waals surface area contributed by atoms with Crippen LogP contribution in [-0.4, -0.2) is 0 Å². The van der Waals surface area contributed by atoms with E-state index in [1.54, 1.807) is 6.26 Å². The van der Waals surface area contributed by atoms with Crippen molar-refractivity contribution in [3.63, 3.8) is 0 Å². The summed E-state index contributed by atoms with van der Waals surface area (Å²) in [5.74, 6) is 0.568. The van der Waals surface area contributed by atoms with Crippen molar-refractivity contribution in [2.24, 2.45) is 0 Å². The van der Waals surface area contributed by atoms with Crippen LogP contribution in [0.25, 0.3) is 0 Å². The summed E-state index contributed by atoms with van der Waals surface area (Å²) in [6, 6.07) is 10.7. The lowest BCUT2D eigenvalue weighted by molar-refractivity contribution is 0.537. The normalized spacial score (nSPS) is 13.0. The molecule has 1 atom stereocenters. The summed E-state index contributed by atoms with van der Waals surface area (Å²) in [5, 5.41) is 0. The first-order valence-electron chi connectivity index (χ1n) is 5.56. The average molecular weight is 358 g/mol. The van der Waals surface area contributed by atoms with Gasteiger partial charge in [0.2, 0.25) is 0 Å². The lowest BCUT2D eigenvalue weighted by atomic mass is 10.00. The third kappa shape index (κ3) is 2.83. The van der Waals surface area contributed by atoms with Gasteiger partial charge in [-0.15, -0.1) is 0 Å². The van der Waals surface area contributed by atoms with E-state index in [-0.39, 0.29) is 4.83 Å². The standard InChI is InChI=1S/C14H14Br2O/c1-9(2)10-3-5-11(6-4-10)13(15)12-7-8-17-14(12)16/h3-9,13H,1-2H3. The molecule has 1 nitrogen and oxygen atoms in total. The lowest BCUT2D eigenvalue weighted by Gasteiger charge is -2.11. The van der Waals surface area contributed by atoms with Gasteiger partial charge in [-0.05, 0) is 39.0 Å². The molecule has 2 rings (SSSR count). The van der Waals surface area contributed by atoms with Gasteiger partial charge in [-0.1, -0.05) is 54.0 Å².